The molecule has 2 aliphatic heterocycles. The number of carbonyl (C=O) groups is 1. The number of phenols is 1. The summed E-state index contributed by atoms with van der Waals surface area (Å²) in [7, 11) is 0. The average Bonchev–Trinajstić information content (AvgIpc) is 2.84. The number of hydrogen-bond donors (Lipinski definition) is 2. The van der Waals surface area contributed by atoms with Crippen LogP contribution in [0.1, 0.15) is 39.2 Å². The summed E-state index contributed by atoms with van der Waals surface area (Å²) in [5.41, 5.74) is 0.617. The van der Waals surface area contributed by atoms with Gasteiger partial charge in [-0.1, -0.05) is 23.7 Å². The van der Waals surface area contributed by atoms with Gasteiger partial charge < -0.3 is 29.8 Å². The van der Waals surface area contributed by atoms with E-state index >= 15 is 0 Å². The lowest BCUT2D eigenvalue weighted by Crippen LogP contribution is -2.53. The SMILES string of the molecule is C=C(OC(C)(C)C)N1CC(C(=O)N2CCC(C=N)(Cc3ccc(F)cc3)CC2)Oc2cc(O)c(Cl)cc21. The summed E-state index contributed by atoms with van der Waals surface area (Å²) >= 11 is 6.16. The molecule has 2 aromatic carbocycles. The van der Waals surface area contributed by atoms with Crippen molar-refractivity contribution in [2.45, 2.75) is 51.7 Å². The zero-order chi connectivity index (χ0) is 27.0. The summed E-state index contributed by atoms with van der Waals surface area (Å²) in [4.78, 5) is 17.1. The Kier molecular flexibility index (Phi) is 7.42. The minimum atomic E-state index is -0.849. The fraction of sp³-hybridized carbons (Fsp3) is 0.429. The fourth-order valence-corrected chi connectivity index (χ4v) is 4.98. The fourth-order valence-electron chi connectivity index (χ4n) is 4.82. The summed E-state index contributed by atoms with van der Waals surface area (Å²) < 4.78 is 25.3. The Balaban J connectivity index is 1.50. The van der Waals surface area contributed by atoms with Crippen molar-refractivity contribution >= 4 is 29.4 Å². The number of aromatic hydroxyl groups is 1. The number of hydrogen-bond acceptors (Lipinski definition) is 6. The molecule has 7 nitrogen and oxygen atoms in total. The molecule has 0 saturated carbocycles. The van der Waals surface area contributed by atoms with Gasteiger partial charge in [-0.05, 0) is 70.4 Å². The van der Waals surface area contributed by atoms with Crippen molar-refractivity contribution in [1.82, 2.24) is 4.90 Å². The molecule has 0 radical (unpaired) electrons. The Morgan fingerprint density at radius 3 is 2.54 bits per heavy atom. The first kappa shape index (κ1) is 26.8. The molecule has 2 aliphatic rings. The molecule has 1 atom stereocenters. The first-order valence-corrected chi connectivity index (χ1v) is 12.7. The van der Waals surface area contributed by atoms with Gasteiger partial charge in [0.2, 0.25) is 0 Å². The molecule has 0 spiro atoms. The quantitative estimate of drug-likeness (QED) is 0.379. The number of amides is 1. The van der Waals surface area contributed by atoms with Gasteiger partial charge in [0, 0.05) is 30.8 Å². The van der Waals surface area contributed by atoms with Crippen LogP contribution in [0.2, 0.25) is 5.02 Å². The Labute approximate surface area is 221 Å². The molecule has 198 valence electrons. The third kappa shape index (κ3) is 6.01. The Morgan fingerprint density at radius 2 is 1.95 bits per heavy atom. The lowest BCUT2D eigenvalue weighted by Gasteiger charge is -2.42. The smallest absolute Gasteiger partial charge is 0.265 e. The first-order chi connectivity index (χ1) is 17.4. The van der Waals surface area contributed by atoms with E-state index in [1.807, 2.05) is 20.8 Å². The lowest BCUT2D eigenvalue weighted by atomic mass is 9.74. The van der Waals surface area contributed by atoms with Gasteiger partial charge in [0.15, 0.2) is 12.0 Å². The summed E-state index contributed by atoms with van der Waals surface area (Å²) in [6.45, 7) is 10.9. The van der Waals surface area contributed by atoms with Gasteiger partial charge in [-0.2, -0.15) is 0 Å². The second kappa shape index (κ2) is 10.2. The van der Waals surface area contributed by atoms with E-state index in [1.54, 1.807) is 28.0 Å². The van der Waals surface area contributed by atoms with Crippen LogP contribution in [0.3, 0.4) is 0 Å². The van der Waals surface area contributed by atoms with Gasteiger partial charge in [0.05, 0.1) is 17.3 Å². The topological polar surface area (TPSA) is 86.1 Å². The van der Waals surface area contributed by atoms with E-state index in [1.165, 1.54) is 24.4 Å². The standard InChI is InChI=1S/C28H33ClFN3O4/c1-18(37-27(2,3)4)33-16-25(36-24-14-23(34)21(29)13-22(24)33)26(35)32-11-9-28(17-31,10-12-32)15-19-5-7-20(30)8-6-19/h5-8,13-14,17,25,31,34H,1,9-12,15-16H2,2-4H3. The Morgan fingerprint density at radius 1 is 1.30 bits per heavy atom. The van der Waals surface area contributed by atoms with Crippen LogP contribution in [-0.4, -0.2) is 53.5 Å². The number of anilines is 1. The third-order valence-electron chi connectivity index (χ3n) is 6.78. The van der Waals surface area contributed by atoms with Gasteiger partial charge in [-0.15, -0.1) is 0 Å². The van der Waals surface area contributed by atoms with Gasteiger partial charge in [-0.3, -0.25) is 4.79 Å². The predicted octanol–water partition coefficient (Wildman–Crippen LogP) is 5.54. The molecule has 4 rings (SSSR count). The van der Waals surface area contributed by atoms with E-state index in [0.717, 1.165) is 5.56 Å². The number of fused-ring (bicyclic) bond motifs is 1. The monoisotopic (exact) mass is 529 g/mol. The number of piperidine rings is 1. The molecule has 1 amide bonds. The van der Waals surface area contributed by atoms with E-state index < -0.39 is 17.1 Å². The molecular weight excluding hydrogens is 497 g/mol. The molecule has 1 saturated heterocycles. The van der Waals surface area contributed by atoms with Crippen molar-refractivity contribution < 1.29 is 23.8 Å². The van der Waals surface area contributed by atoms with E-state index in [4.69, 9.17) is 26.5 Å². The normalized spacial score (nSPS) is 19.0. The van der Waals surface area contributed by atoms with Crippen molar-refractivity contribution in [2.24, 2.45) is 5.41 Å². The van der Waals surface area contributed by atoms with Crippen LogP contribution < -0.4 is 9.64 Å². The van der Waals surface area contributed by atoms with Crippen LogP contribution >= 0.6 is 11.6 Å². The number of likely N-dealkylation sites (tertiary alicyclic amines) is 1. The Hall–Kier alpha value is -3.26. The number of benzene rings is 2. The molecule has 2 heterocycles. The Bertz CT molecular complexity index is 1190. The molecular formula is C28H33ClFN3O4. The number of halogens is 2. The summed E-state index contributed by atoms with van der Waals surface area (Å²) in [5, 5.41) is 18.4. The molecule has 1 fully saturated rings. The zero-order valence-electron chi connectivity index (χ0n) is 21.4. The minimum Gasteiger partial charge on any atom is -0.506 e. The highest BCUT2D eigenvalue weighted by atomic mass is 35.5. The molecule has 2 aromatic rings. The molecule has 2 N–H and O–H groups in total. The van der Waals surface area contributed by atoms with Crippen molar-refractivity contribution in [3.05, 3.63) is 65.3 Å². The van der Waals surface area contributed by atoms with E-state index in [-0.39, 0.29) is 29.0 Å². The van der Waals surface area contributed by atoms with Crippen molar-refractivity contribution in [1.29, 1.82) is 5.41 Å². The van der Waals surface area contributed by atoms with Gasteiger partial charge >= 0.3 is 0 Å². The van der Waals surface area contributed by atoms with Crippen molar-refractivity contribution in [2.75, 3.05) is 24.5 Å². The van der Waals surface area contributed by atoms with Crippen LogP contribution in [0.25, 0.3) is 0 Å². The van der Waals surface area contributed by atoms with E-state index in [0.29, 0.717) is 49.7 Å². The first-order valence-electron chi connectivity index (χ1n) is 12.3. The number of rotatable bonds is 6. The van der Waals surface area contributed by atoms with Crippen LogP contribution in [0, 0.1) is 16.6 Å². The van der Waals surface area contributed by atoms with E-state index in [9.17, 15) is 14.3 Å². The predicted molar refractivity (Wildman–Crippen MR) is 142 cm³/mol. The highest BCUT2D eigenvalue weighted by molar-refractivity contribution is 6.32. The number of nitrogens with zero attached hydrogens (tertiary/aromatic N) is 2. The molecule has 0 bridgehead atoms. The highest BCUT2D eigenvalue weighted by Crippen LogP contribution is 2.43. The average molecular weight is 530 g/mol. The van der Waals surface area contributed by atoms with Crippen molar-refractivity contribution in [3.63, 3.8) is 0 Å². The number of carbonyl (C=O) groups excluding carboxylic acids is 1. The molecule has 0 aliphatic carbocycles. The second-order valence-corrected chi connectivity index (χ2v) is 11.1. The summed E-state index contributed by atoms with van der Waals surface area (Å²) in [6.07, 6.45) is 2.46. The maximum atomic E-state index is 13.6. The van der Waals surface area contributed by atoms with Gasteiger partial charge in [-0.25, -0.2) is 4.39 Å². The van der Waals surface area contributed by atoms with Crippen molar-refractivity contribution in [3.8, 4) is 11.5 Å². The highest BCUT2D eigenvalue weighted by Gasteiger charge is 2.40. The maximum absolute atomic E-state index is 13.6. The minimum absolute atomic E-state index is 0.148. The molecule has 37 heavy (non-hydrogen) atoms. The summed E-state index contributed by atoms with van der Waals surface area (Å²) in [6, 6.07) is 9.31. The molecule has 0 aromatic heterocycles. The van der Waals surface area contributed by atoms with Crippen LogP contribution in [0.15, 0.2) is 48.9 Å². The molecule has 9 heteroatoms. The van der Waals surface area contributed by atoms with Crippen LogP contribution in [0.4, 0.5) is 10.1 Å². The third-order valence-corrected chi connectivity index (χ3v) is 7.09. The number of ether oxygens (including phenoxy) is 2. The number of nitrogens with one attached hydrogen (secondary N) is 1. The van der Waals surface area contributed by atoms with E-state index in [2.05, 4.69) is 6.58 Å². The maximum Gasteiger partial charge on any atom is 0.265 e. The second-order valence-electron chi connectivity index (χ2n) is 10.7. The van der Waals surface area contributed by atoms with Crippen LogP contribution in [0.5, 0.6) is 11.5 Å². The largest absolute Gasteiger partial charge is 0.506 e. The molecule has 1 unspecified atom stereocenters. The van der Waals surface area contributed by atoms with Gasteiger partial charge in [0.25, 0.3) is 5.91 Å². The number of phenolic OH excluding ortho intramolecular Hbond substituents is 1. The zero-order valence-corrected chi connectivity index (χ0v) is 22.1. The van der Waals surface area contributed by atoms with Crippen LogP contribution in [-0.2, 0) is 16.0 Å². The summed E-state index contributed by atoms with van der Waals surface area (Å²) in [5.74, 6) is 0.0337. The lowest BCUT2D eigenvalue weighted by molar-refractivity contribution is -0.140. The van der Waals surface area contributed by atoms with Gasteiger partial charge in [0.1, 0.15) is 22.9 Å².